The maximum absolute atomic E-state index is 6.33. The van der Waals surface area contributed by atoms with Crippen LogP contribution in [0.15, 0.2) is 48.5 Å². The van der Waals surface area contributed by atoms with E-state index in [0.29, 0.717) is 5.92 Å². The van der Waals surface area contributed by atoms with Crippen molar-refractivity contribution in [2.45, 2.75) is 40.3 Å². The van der Waals surface area contributed by atoms with Crippen LogP contribution in [0.5, 0.6) is 0 Å². The molecule has 0 aliphatic carbocycles. The summed E-state index contributed by atoms with van der Waals surface area (Å²) in [4.78, 5) is 5.06. The number of piperazine rings is 1. The molecule has 0 N–H and O–H groups in total. The van der Waals surface area contributed by atoms with Crippen molar-refractivity contribution in [1.29, 1.82) is 0 Å². The Hall–Kier alpha value is -1.13. The predicted octanol–water partition coefficient (Wildman–Crippen LogP) is 6.75. The second-order valence-corrected chi connectivity index (χ2v) is 9.45. The van der Waals surface area contributed by atoms with Gasteiger partial charge in [-0.2, -0.15) is 0 Å². The number of benzene rings is 2. The Bertz CT molecular complexity index is 840. The summed E-state index contributed by atoms with van der Waals surface area (Å²) in [5.74, 6) is 0.582. The van der Waals surface area contributed by atoms with Crippen LogP contribution in [0.1, 0.15) is 42.5 Å². The molecule has 0 radical (unpaired) electrons. The summed E-state index contributed by atoms with van der Waals surface area (Å²) in [6, 6.07) is 15.1. The van der Waals surface area contributed by atoms with Gasteiger partial charge in [0.25, 0.3) is 0 Å². The van der Waals surface area contributed by atoms with Crippen molar-refractivity contribution in [3.8, 4) is 0 Å². The lowest BCUT2D eigenvalue weighted by Crippen LogP contribution is -2.45. The van der Waals surface area contributed by atoms with Crippen molar-refractivity contribution in [1.82, 2.24) is 9.80 Å². The van der Waals surface area contributed by atoms with E-state index in [1.807, 2.05) is 12.1 Å². The molecule has 0 spiro atoms. The quantitative estimate of drug-likeness (QED) is 0.437. The summed E-state index contributed by atoms with van der Waals surface area (Å²) in [7, 11) is 0. The van der Waals surface area contributed by atoms with Gasteiger partial charge in [0.1, 0.15) is 0 Å². The Labute approximate surface area is 189 Å². The molecule has 4 heteroatoms. The second-order valence-electron chi connectivity index (χ2n) is 8.19. The third-order valence-corrected chi connectivity index (χ3v) is 6.92. The zero-order valence-corrected chi connectivity index (χ0v) is 20.1. The number of hydrogen-bond acceptors (Lipinski definition) is 2. The minimum Gasteiger partial charge on any atom is -0.297 e. The molecule has 0 aromatic heterocycles. The average Bonchev–Trinajstić information content (AvgIpc) is 2.72. The summed E-state index contributed by atoms with van der Waals surface area (Å²) < 4.78 is 1.22. The predicted molar refractivity (Wildman–Crippen MR) is 130 cm³/mol. The highest BCUT2D eigenvalue weighted by Crippen LogP contribution is 2.28. The van der Waals surface area contributed by atoms with Crippen molar-refractivity contribution < 1.29 is 0 Å². The van der Waals surface area contributed by atoms with Crippen molar-refractivity contribution >= 4 is 32.0 Å². The molecule has 1 unspecified atom stereocenters. The van der Waals surface area contributed by atoms with Crippen LogP contribution in [-0.2, 0) is 13.1 Å². The van der Waals surface area contributed by atoms with Gasteiger partial charge in [0.2, 0.25) is 0 Å². The molecule has 156 valence electrons. The van der Waals surface area contributed by atoms with E-state index in [-0.39, 0.29) is 0 Å². The van der Waals surface area contributed by atoms with Gasteiger partial charge in [-0.3, -0.25) is 9.80 Å². The highest BCUT2D eigenvalue weighted by Gasteiger charge is 2.18. The van der Waals surface area contributed by atoms with Crippen LogP contribution >= 0.6 is 27.5 Å². The minimum atomic E-state index is 0.582. The van der Waals surface area contributed by atoms with Gasteiger partial charge < -0.3 is 0 Å². The van der Waals surface area contributed by atoms with Crippen molar-refractivity contribution in [3.05, 3.63) is 75.8 Å². The molecule has 1 saturated heterocycles. The van der Waals surface area contributed by atoms with Crippen LogP contribution in [0.2, 0.25) is 5.02 Å². The molecule has 1 aliphatic rings. The molecule has 1 atom stereocenters. The lowest BCUT2D eigenvalue weighted by molar-refractivity contribution is 0.122. The van der Waals surface area contributed by atoms with Crippen LogP contribution in [0, 0.1) is 12.8 Å². The maximum Gasteiger partial charge on any atom is 0.0451 e. The summed E-state index contributed by atoms with van der Waals surface area (Å²) >= 11 is 10.1. The van der Waals surface area contributed by atoms with E-state index < -0.39 is 0 Å². The Morgan fingerprint density at radius 3 is 2.38 bits per heavy atom. The number of nitrogens with zero attached hydrogens (tertiary/aromatic N) is 2. The first kappa shape index (κ1) is 22.6. The lowest BCUT2D eigenvalue weighted by Gasteiger charge is -2.35. The van der Waals surface area contributed by atoms with Gasteiger partial charge in [-0.1, -0.05) is 84.2 Å². The maximum atomic E-state index is 6.33. The van der Waals surface area contributed by atoms with Crippen molar-refractivity contribution in [3.63, 3.8) is 0 Å². The molecule has 1 aliphatic heterocycles. The normalized spacial score (nSPS) is 17.5. The molecule has 0 saturated carbocycles. The van der Waals surface area contributed by atoms with Crippen LogP contribution in [-0.4, -0.2) is 36.0 Å². The summed E-state index contributed by atoms with van der Waals surface area (Å²) in [5, 5.41) is 0.873. The second kappa shape index (κ2) is 10.8. The number of hydrogen-bond donors (Lipinski definition) is 0. The molecule has 0 amide bonds. The Balaban J connectivity index is 1.58. The lowest BCUT2D eigenvalue weighted by atomic mass is 10.0. The van der Waals surface area contributed by atoms with E-state index >= 15 is 0 Å². The standard InChI is InChI=1S/C25H32BrClN2/c1-4-19(2)15-24(26)23-16-21(10-9-20(23)3)17-28-11-13-29(14-12-28)18-22-7-5-6-8-25(22)27/h5-10,15-16,19H,4,11-14,17-18H2,1-3H3/b24-15+. The molecule has 0 bridgehead atoms. The van der Waals surface area contributed by atoms with E-state index in [4.69, 9.17) is 11.6 Å². The van der Waals surface area contributed by atoms with E-state index in [9.17, 15) is 0 Å². The van der Waals surface area contributed by atoms with Crippen molar-refractivity contribution in [2.75, 3.05) is 26.2 Å². The molecular weight excluding hydrogens is 444 g/mol. The Kier molecular flexibility index (Phi) is 8.37. The number of allylic oxidation sites excluding steroid dienone is 1. The van der Waals surface area contributed by atoms with Gasteiger partial charge >= 0.3 is 0 Å². The SMILES string of the molecule is CCC(C)/C=C(/Br)c1cc(CN2CCN(Cc3ccccc3Cl)CC2)ccc1C. The van der Waals surface area contributed by atoms with E-state index in [0.717, 1.165) is 50.7 Å². The van der Waals surface area contributed by atoms with Gasteiger partial charge in [-0.05, 0) is 47.2 Å². The highest BCUT2D eigenvalue weighted by atomic mass is 79.9. The van der Waals surface area contributed by atoms with Gasteiger partial charge in [0.15, 0.2) is 0 Å². The zero-order valence-electron chi connectivity index (χ0n) is 17.8. The highest BCUT2D eigenvalue weighted by molar-refractivity contribution is 9.15. The Morgan fingerprint density at radius 2 is 1.72 bits per heavy atom. The molecule has 2 aromatic carbocycles. The summed E-state index contributed by atoms with van der Waals surface area (Å²) in [5.41, 5.74) is 5.26. The Morgan fingerprint density at radius 1 is 1.07 bits per heavy atom. The largest absolute Gasteiger partial charge is 0.297 e. The number of aryl methyl sites for hydroxylation is 1. The first-order chi connectivity index (χ1) is 14.0. The molecule has 3 rings (SSSR count). The third kappa shape index (κ3) is 6.42. The van der Waals surface area contributed by atoms with Gasteiger partial charge in [0.05, 0.1) is 0 Å². The fraction of sp³-hybridized carbons (Fsp3) is 0.440. The number of halogens is 2. The van der Waals surface area contributed by atoms with Crippen molar-refractivity contribution in [2.24, 2.45) is 5.92 Å². The summed E-state index contributed by atoms with van der Waals surface area (Å²) in [6.07, 6.45) is 3.49. The van der Waals surface area contributed by atoms with Crippen LogP contribution in [0.25, 0.3) is 4.48 Å². The fourth-order valence-electron chi connectivity index (χ4n) is 3.71. The molecule has 2 nitrogen and oxygen atoms in total. The van der Waals surface area contributed by atoms with Gasteiger partial charge in [0, 0.05) is 48.8 Å². The minimum absolute atomic E-state index is 0.582. The summed E-state index contributed by atoms with van der Waals surface area (Å²) in [6.45, 7) is 13.0. The fourth-order valence-corrected chi connectivity index (χ4v) is 4.79. The molecule has 1 fully saturated rings. The molecular formula is C25H32BrClN2. The number of rotatable bonds is 7. The van der Waals surface area contributed by atoms with Gasteiger partial charge in [-0.15, -0.1) is 0 Å². The first-order valence-electron chi connectivity index (χ1n) is 10.6. The smallest absolute Gasteiger partial charge is 0.0451 e. The van der Waals surface area contributed by atoms with Crippen LogP contribution in [0.3, 0.4) is 0 Å². The zero-order chi connectivity index (χ0) is 20.8. The molecule has 29 heavy (non-hydrogen) atoms. The third-order valence-electron chi connectivity index (χ3n) is 5.86. The molecule has 2 aromatic rings. The average molecular weight is 476 g/mol. The first-order valence-corrected chi connectivity index (χ1v) is 11.8. The van der Waals surface area contributed by atoms with E-state index in [1.165, 1.54) is 26.7 Å². The van der Waals surface area contributed by atoms with E-state index in [2.05, 4.69) is 82.9 Å². The van der Waals surface area contributed by atoms with Crippen LogP contribution < -0.4 is 0 Å². The molecule has 1 heterocycles. The monoisotopic (exact) mass is 474 g/mol. The topological polar surface area (TPSA) is 6.48 Å². The van der Waals surface area contributed by atoms with Gasteiger partial charge in [-0.25, -0.2) is 0 Å². The van der Waals surface area contributed by atoms with Crippen LogP contribution in [0.4, 0.5) is 0 Å². The van der Waals surface area contributed by atoms with E-state index in [1.54, 1.807) is 0 Å².